The number of hydrogen-bond acceptors (Lipinski definition) is 3. The van der Waals surface area contributed by atoms with Gasteiger partial charge in [0.05, 0.1) is 12.6 Å². The summed E-state index contributed by atoms with van der Waals surface area (Å²) in [5.74, 6) is -0.829. The number of rotatable bonds is 5. The molecule has 2 aromatic rings. The number of aliphatic hydroxyl groups excluding tert-OH is 1. The highest BCUT2D eigenvalue weighted by atomic mass is 19.1. The molecule has 5 nitrogen and oxygen atoms in total. The molecule has 0 bridgehead atoms. The lowest BCUT2D eigenvalue weighted by Gasteiger charge is -2.13. The van der Waals surface area contributed by atoms with E-state index in [9.17, 15) is 19.1 Å². The molecule has 2 N–H and O–H groups in total. The fourth-order valence-corrected chi connectivity index (χ4v) is 1.82. The Bertz CT molecular complexity index is 667. The van der Waals surface area contributed by atoms with Crippen LogP contribution >= 0.6 is 0 Å². The Morgan fingerprint density at radius 1 is 1.24 bits per heavy atom. The Hall–Kier alpha value is -2.47. The van der Waals surface area contributed by atoms with Crippen LogP contribution in [-0.4, -0.2) is 28.2 Å². The van der Waals surface area contributed by atoms with Crippen molar-refractivity contribution in [2.24, 2.45) is 0 Å². The van der Waals surface area contributed by atoms with E-state index in [4.69, 9.17) is 0 Å². The summed E-state index contributed by atoms with van der Waals surface area (Å²) in [6, 6.07) is 9.79. The molecule has 1 aromatic carbocycles. The molecule has 0 aliphatic carbocycles. The average Bonchev–Trinajstić information content (AvgIpc) is 2.48. The topological polar surface area (TPSA) is 71.3 Å². The monoisotopic (exact) mass is 290 g/mol. The van der Waals surface area contributed by atoms with Crippen molar-refractivity contribution in [3.05, 3.63) is 70.4 Å². The molecule has 1 aromatic heterocycles. The molecule has 1 unspecified atom stereocenters. The lowest BCUT2D eigenvalue weighted by Crippen LogP contribution is -2.36. The van der Waals surface area contributed by atoms with E-state index in [0.717, 1.165) is 0 Å². The Morgan fingerprint density at radius 3 is 2.62 bits per heavy atom. The van der Waals surface area contributed by atoms with Gasteiger partial charge in [0.2, 0.25) is 0 Å². The van der Waals surface area contributed by atoms with Gasteiger partial charge in [-0.1, -0.05) is 6.07 Å². The zero-order valence-electron chi connectivity index (χ0n) is 11.2. The van der Waals surface area contributed by atoms with E-state index < -0.39 is 17.8 Å². The lowest BCUT2D eigenvalue weighted by molar-refractivity contribution is 0.0903. The first kappa shape index (κ1) is 14.9. The van der Waals surface area contributed by atoms with Gasteiger partial charge in [0.1, 0.15) is 5.82 Å². The van der Waals surface area contributed by atoms with Crippen molar-refractivity contribution in [3.63, 3.8) is 0 Å². The summed E-state index contributed by atoms with van der Waals surface area (Å²) in [5, 5.41) is 12.4. The number of nitrogens with zero attached hydrogens (tertiary/aromatic N) is 1. The highest BCUT2D eigenvalue weighted by Crippen LogP contribution is 2.02. The van der Waals surface area contributed by atoms with Crippen LogP contribution in [0.25, 0.3) is 0 Å². The molecule has 110 valence electrons. The van der Waals surface area contributed by atoms with Crippen LogP contribution in [0.4, 0.5) is 4.39 Å². The number of aromatic nitrogens is 1. The molecule has 0 aliphatic rings. The second kappa shape index (κ2) is 6.81. The molecular weight excluding hydrogens is 275 g/mol. The van der Waals surface area contributed by atoms with Crippen LogP contribution in [0.2, 0.25) is 0 Å². The van der Waals surface area contributed by atoms with Crippen molar-refractivity contribution < 1.29 is 14.3 Å². The highest BCUT2D eigenvalue weighted by Gasteiger charge is 2.10. The summed E-state index contributed by atoms with van der Waals surface area (Å²) < 4.78 is 14.1. The van der Waals surface area contributed by atoms with Crippen LogP contribution in [0.15, 0.2) is 53.5 Å². The van der Waals surface area contributed by atoms with Crippen molar-refractivity contribution in [1.82, 2.24) is 9.88 Å². The molecule has 0 radical (unpaired) electrons. The first-order valence-electron chi connectivity index (χ1n) is 6.43. The molecule has 21 heavy (non-hydrogen) atoms. The molecule has 0 fully saturated rings. The predicted octanol–water partition coefficient (Wildman–Crippen LogP) is 0.778. The molecule has 0 saturated carbocycles. The van der Waals surface area contributed by atoms with Crippen molar-refractivity contribution in [1.29, 1.82) is 0 Å². The lowest BCUT2D eigenvalue weighted by atomic mass is 10.2. The van der Waals surface area contributed by atoms with Crippen molar-refractivity contribution in [2.75, 3.05) is 6.54 Å². The van der Waals surface area contributed by atoms with E-state index in [1.807, 2.05) is 0 Å². The van der Waals surface area contributed by atoms with E-state index in [0.29, 0.717) is 5.56 Å². The summed E-state index contributed by atoms with van der Waals surface area (Å²) in [6.45, 7) is 0.0842. The number of halogens is 1. The number of pyridine rings is 1. The number of carbonyl (C=O) groups is 1. The number of amides is 1. The Morgan fingerprint density at radius 2 is 1.95 bits per heavy atom. The van der Waals surface area contributed by atoms with Crippen LogP contribution in [0.5, 0.6) is 0 Å². The van der Waals surface area contributed by atoms with Crippen LogP contribution in [0.3, 0.4) is 0 Å². The molecule has 1 heterocycles. The summed E-state index contributed by atoms with van der Waals surface area (Å²) in [4.78, 5) is 23.2. The predicted molar refractivity (Wildman–Crippen MR) is 75.4 cm³/mol. The average molecular weight is 290 g/mol. The van der Waals surface area contributed by atoms with Gasteiger partial charge in [-0.25, -0.2) is 4.39 Å². The van der Waals surface area contributed by atoms with Crippen LogP contribution < -0.4 is 10.9 Å². The Balaban J connectivity index is 1.88. The SMILES string of the molecule is O=C(NCC(O)Cn1ccccc1=O)c1ccc(F)cc1. The van der Waals surface area contributed by atoms with Crippen LogP contribution in [0, 0.1) is 5.82 Å². The Kier molecular flexibility index (Phi) is 4.84. The zero-order chi connectivity index (χ0) is 15.2. The van der Waals surface area contributed by atoms with Gasteiger partial charge in [0, 0.05) is 24.4 Å². The third-order valence-corrected chi connectivity index (χ3v) is 2.91. The molecule has 6 heteroatoms. The Labute approximate surface area is 120 Å². The maximum Gasteiger partial charge on any atom is 0.251 e. The maximum absolute atomic E-state index is 12.7. The van der Waals surface area contributed by atoms with Gasteiger partial charge in [-0.05, 0) is 30.3 Å². The number of aliphatic hydroxyl groups is 1. The number of carbonyl (C=O) groups excluding carboxylic acids is 1. The van der Waals surface area contributed by atoms with E-state index in [1.54, 1.807) is 18.3 Å². The molecule has 0 aliphatic heterocycles. The first-order valence-corrected chi connectivity index (χ1v) is 6.43. The van der Waals surface area contributed by atoms with Crippen LogP contribution in [-0.2, 0) is 6.54 Å². The molecule has 1 amide bonds. The van der Waals surface area contributed by atoms with Crippen molar-refractivity contribution in [2.45, 2.75) is 12.6 Å². The van der Waals surface area contributed by atoms with E-state index in [1.165, 1.54) is 34.9 Å². The molecule has 0 saturated heterocycles. The van der Waals surface area contributed by atoms with E-state index in [-0.39, 0.29) is 18.6 Å². The smallest absolute Gasteiger partial charge is 0.251 e. The minimum absolute atomic E-state index is 0.00244. The standard InChI is InChI=1S/C15H15FN2O3/c16-12-6-4-11(5-7-12)15(21)17-9-13(19)10-18-8-2-1-3-14(18)20/h1-8,13,19H,9-10H2,(H,17,21). The molecule has 1 atom stereocenters. The summed E-state index contributed by atoms with van der Waals surface area (Å²) in [5.41, 5.74) is 0.0851. The summed E-state index contributed by atoms with van der Waals surface area (Å²) >= 11 is 0. The number of nitrogens with one attached hydrogen (secondary N) is 1. The minimum atomic E-state index is -0.894. The molecular formula is C15H15FN2O3. The van der Waals surface area contributed by atoms with Crippen molar-refractivity contribution in [3.8, 4) is 0 Å². The van der Waals surface area contributed by atoms with E-state index in [2.05, 4.69) is 5.32 Å². The third kappa shape index (κ3) is 4.25. The fraction of sp³-hybridized carbons (Fsp3) is 0.200. The summed E-state index contributed by atoms with van der Waals surface area (Å²) in [6.07, 6.45) is 0.669. The van der Waals surface area contributed by atoms with Gasteiger partial charge in [-0.2, -0.15) is 0 Å². The second-order valence-electron chi connectivity index (χ2n) is 4.56. The maximum atomic E-state index is 12.7. The number of benzene rings is 1. The number of hydrogen-bond donors (Lipinski definition) is 2. The minimum Gasteiger partial charge on any atom is -0.389 e. The van der Waals surface area contributed by atoms with Gasteiger partial charge in [0.25, 0.3) is 11.5 Å². The highest BCUT2D eigenvalue weighted by molar-refractivity contribution is 5.94. The second-order valence-corrected chi connectivity index (χ2v) is 4.56. The largest absolute Gasteiger partial charge is 0.389 e. The molecule has 2 rings (SSSR count). The van der Waals surface area contributed by atoms with Crippen molar-refractivity contribution >= 4 is 5.91 Å². The van der Waals surface area contributed by atoms with Gasteiger partial charge in [-0.3, -0.25) is 9.59 Å². The normalized spacial score (nSPS) is 11.9. The van der Waals surface area contributed by atoms with Crippen LogP contribution in [0.1, 0.15) is 10.4 Å². The van der Waals surface area contributed by atoms with E-state index >= 15 is 0 Å². The van der Waals surface area contributed by atoms with Gasteiger partial charge in [-0.15, -0.1) is 0 Å². The zero-order valence-corrected chi connectivity index (χ0v) is 11.2. The first-order chi connectivity index (χ1) is 10.1. The summed E-state index contributed by atoms with van der Waals surface area (Å²) in [7, 11) is 0. The van der Waals surface area contributed by atoms with Gasteiger partial charge >= 0.3 is 0 Å². The van der Waals surface area contributed by atoms with Gasteiger partial charge in [0.15, 0.2) is 0 Å². The fourth-order valence-electron chi connectivity index (χ4n) is 1.82. The third-order valence-electron chi connectivity index (χ3n) is 2.91. The molecule has 0 spiro atoms. The van der Waals surface area contributed by atoms with Gasteiger partial charge < -0.3 is 15.0 Å². The quantitative estimate of drug-likeness (QED) is 0.855.